The predicted molar refractivity (Wildman–Crippen MR) is 68.4 cm³/mol. The van der Waals surface area contributed by atoms with E-state index in [0.717, 1.165) is 9.27 Å². The number of carboxylic acid groups (broad SMARTS) is 1. The molecule has 0 atom stereocenters. The van der Waals surface area contributed by atoms with Gasteiger partial charge in [0.15, 0.2) is 0 Å². The first-order chi connectivity index (χ1) is 8.29. The van der Waals surface area contributed by atoms with Crippen LogP contribution in [0.4, 0.5) is 4.79 Å². The van der Waals surface area contributed by atoms with Gasteiger partial charge in [-0.2, -0.15) is 0 Å². The van der Waals surface area contributed by atoms with Gasteiger partial charge in [-0.15, -0.1) is 11.3 Å². The maximum atomic E-state index is 12.0. The molecule has 0 saturated heterocycles. The third-order valence-electron chi connectivity index (χ3n) is 2.22. The molecule has 0 aromatic carbocycles. The fourth-order valence-electron chi connectivity index (χ4n) is 1.59. The third-order valence-corrected chi connectivity index (χ3v) is 3.07. The Balaban J connectivity index is 2.53. The van der Waals surface area contributed by atoms with Crippen molar-refractivity contribution in [1.82, 2.24) is 4.57 Å². The normalized spacial score (nSPS) is 11.7. The van der Waals surface area contributed by atoms with Crippen molar-refractivity contribution in [3.05, 3.63) is 23.2 Å². The molecule has 2 aromatic heterocycles. The minimum absolute atomic E-state index is 0.0777. The van der Waals surface area contributed by atoms with E-state index in [2.05, 4.69) is 0 Å². The van der Waals surface area contributed by atoms with Gasteiger partial charge in [-0.05, 0) is 38.3 Å². The van der Waals surface area contributed by atoms with E-state index in [1.807, 2.05) is 0 Å². The molecule has 0 bridgehead atoms. The molecule has 0 aliphatic rings. The number of carboxylic acids is 1. The monoisotopic (exact) mass is 267 g/mol. The summed E-state index contributed by atoms with van der Waals surface area (Å²) in [6.45, 7) is 5.21. The van der Waals surface area contributed by atoms with E-state index >= 15 is 0 Å². The van der Waals surface area contributed by atoms with Crippen LogP contribution in [0.5, 0.6) is 0 Å². The number of rotatable bonds is 1. The number of carbonyl (C=O) groups excluding carboxylic acids is 1. The number of carbonyl (C=O) groups is 2. The average molecular weight is 267 g/mol. The number of fused-ring (bicyclic) bond motifs is 1. The van der Waals surface area contributed by atoms with Crippen molar-refractivity contribution in [2.24, 2.45) is 0 Å². The summed E-state index contributed by atoms with van der Waals surface area (Å²) >= 11 is 1.38. The van der Waals surface area contributed by atoms with Crippen LogP contribution in [0.1, 0.15) is 31.3 Å². The van der Waals surface area contributed by atoms with Gasteiger partial charge in [-0.1, -0.05) is 0 Å². The zero-order valence-corrected chi connectivity index (χ0v) is 11.1. The summed E-state index contributed by atoms with van der Waals surface area (Å²) in [5, 5.41) is 10.9. The van der Waals surface area contributed by atoms with E-state index in [-0.39, 0.29) is 5.69 Å². The van der Waals surface area contributed by atoms with Crippen LogP contribution in [-0.2, 0) is 4.74 Å². The second-order valence-corrected chi connectivity index (χ2v) is 5.77. The summed E-state index contributed by atoms with van der Waals surface area (Å²) in [4.78, 5) is 23.2. The van der Waals surface area contributed by atoms with Gasteiger partial charge in [-0.25, -0.2) is 14.2 Å². The Hall–Kier alpha value is -1.82. The predicted octanol–water partition coefficient (Wildman–Crippen LogP) is 3.18. The Morgan fingerprint density at radius 1 is 1.39 bits per heavy atom. The maximum Gasteiger partial charge on any atom is 0.419 e. The second kappa shape index (κ2) is 4.13. The van der Waals surface area contributed by atoms with Crippen LogP contribution < -0.4 is 0 Å². The largest absolute Gasteiger partial charge is 0.477 e. The molecule has 0 radical (unpaired) electrons. The number of aromatic carboxylic acids is 1. The van der Waals surface area contributed by atoms with E-state index < -0.39 is 17.7 Å². The van der Waals surface area contributed by atoms with Crippen LogP contribution in [0.25, 0.3) is 10.2 Å². The highest BCUT2D eigenvalue weighted by molar-refractivity contribution is 7.17. The average Bonchev–Trinajstić information content (AvgIpc) is 2.70. The van der Waals surface area contributed by atoms with Gasteiger partial charge in [-0.3, -0.25) is 0 Å². The van der Waals surface area contributed by atoms with Gasteiger partial charge >= 0.3 is 12.1 Å². The summed E-state index contributed by atoms with van der Waals surface area (Å²) in [6, 6.07) is 3.18. The Kier molecular flexibility index (Phi) is 2.90. The lowest BCUT2D eigenvalue weighted by Gasteiger charge is -2.20. The highest BCUT2D eigenvalue weighted by atomic mass is 32.1. The Labute approximate surface area is 108 Å². The van der Waals surface area contributed by atoms with E-state index in [0.29, 0.717) is 5.52 Å². The first-order valence-corrected chi connectivity index (χ1v) is 6.23. The van der Waals surface area contributed by atoms with Crippen LogP contribution in [-0.4, -0.2) is 27.3 Å². The Bertz CT molecular complexity index is 618. The van der Waals surface area contributed by atoms with E-state index in [1.54, 1.807) is 32.2 Å². The molecule has 2 heterocycles. The van der Waals surface area contributed by atoms with Crippen molar-refractivity contribution < 1.29 is 19.4 Å². The molecular weight excluding hydrogens is 254 g/mol. The van der Waals surface area contributed by atoms with Crippen molar-refractivity contribution in [3.8, 4) is 0 Å². The van der Waals surface area contributed by atoms with E-state index in [4.69, 9.17) is 9.84 Å². The molecule has 0 saturated carbocycles. The number of aromatic nitrogens is 1. The Morgan fingerprint density at radius 3 is 2.61 bits per heavy atom. The summed E-state index contributed by atoms with van der Waals surface area (Å²) in [5.41, 5.74) is -0.183. The van der Waals surface area contributed by atoms with Crippen molar-refractivity contribution in [2.75, 3.05) is 0 Å². The molecule has 96 valence electrons. The molecule has 0 unspecified atom stereocenters. The molecule has 2 rings (SSSR count). The first kappa shape index (κ1) is 12.6. The van der Waals surface area contributed by atoms with Crippen LogP contribution in [0.2, 0.25) is 0 Å². The lowest BCUT2D eigenvalue weighted by molar-refractivity contribution is 0.0513. The van der Waals surface area contributed by atoms with Crippen molar-refractivity contribution in [2.45, 2.75) is 26.4 Å². The standard InChI is InChI=1S/C12H13NO4S/c1-12(2,3)17-11(16)13-7-4-5-18-9(7)6-8(13)10(14)15/h4-6H,1-3H3,(H,14,15). The maximum absolute atomic E-state index is 12.0. The van der Waals surface area contributed by atoms with E-state index in [9.17, 15) is 9.59 Å². The van der Waals surface area contributed by atoms with Crippen LogP contribution in [0.15, 0.2) is 17.5 Å². The molecule has 0 amide bonds. The molecule has 0 fully saturated rings. The minimum atomic E-state index is -1.15. The van der Waals surface area contributed by atoms with Crippen molar-refractivity contribution in [3.63, 3.8) is 0 Å². The molecule has 0 aliphatic carbocycles. The molecule has 18 heavy (non-hydrogen) atoms. The first-order valence-electron chi connectivity index (χ1n) is 5.35. The number of nitrogens with zero attached hydrogens (tertiary/aromatic N) is 1. The van der Waals surface area contributed by atoms with Crippen LogP contribution in [0.3, 0.4) is 0 Å². The lowest BCUT2D eigenvalue weighted by atomic mass is 10.2. The molecule has 5 nitrogen and oxygen atoms in total. The fraction of sp³-hybridized carbons (Fsp3) is 0.333. The molecule has 2 aromatic rings. The van der Waals surface area contributed by atoms with Crippen molar-refractivity contribution >= 4 is 33.6 Å². The van der Waals surface area contributed by atoms with Crippen LogP contribution >= 0.6 is 11.3 Å². The molecule has 0 aliphatic heterocycles. The fourth-order valence-corrected chi connectivity index (χ4v) is 2.39. The van der Waals surface area contributed by atoms with Crippen LogP contribution in [0, 0.1) is 0 Å². The summed E-state index contributed by atoms with van der Waals surface area (Å²) in [6.07, 6.45) is -0.673. The van der Waals surface area contributed by atoms with Gasteiger partial charge in [0.25, 0.3) is 0 Å². The Morgan fingerprint density at radius 2 is 2.06 bits per heavy atom. The summed E-state index contributed by atoms with van der Waals surface area (Å²) in [7, 11) is 0. The lowest BCUT2D eigenvalue weighted by Crippen LogP contribution is -2.28. The quantitative estimate of drug-likeness (QED) is 0.861. The summed E-state index contributed by atoms with van der Waals surface area (Å²) < 4.78 is 7.06. The third kappa shape index (κ3) is 2.24. The van der Waals surface area contributed by atoms with E-state index in [1.165, 1.54) is 17.4 Å². The van der Waals surface area contributed by atoms with Gasteiger partial charge in [0, 0.05) is 0 Å². The summed E-state index contributed by atoms with van der Waals surface area (Å²) in [5.74, 6) is -1.15. The molecule has 0 spiro atoms. The molecule has 1 N–H and O–H groups in total. The number of hydrogen-bond donors (Lipinski definition) is 1. The highest BCUT2D eigenvalue weighted by Crippen LogP contribution is 2.26. The SMILES string of the molecule is CC(C)(C)OC(=O)n1c(C(=O)O)cc2sccc21. The van der Waals surface area contributed by atoms with Gasteiger partial charge in [0.05, 0.1) is 10.2 Å². The van der Waals surface area contributed by atoms with Crippen molar-refractivity contribution in [1.29, 1.82) is 0 Å². The number of ether oxygens (including phenoxy) is 1. The highest BCUT2D eigenvalue weighted by Gasteiger charge is 2.25. The molecule has 6 heteroatoms. The van der Waals surface area contributed by atoms with Gasteiger partial charge in [0.1, 0.15) is 11.3 Å². The topological polar surface area (TPSA) is 68.5 Å². The minimum Gasteiger partial charge on any atom is -0.477 e. The second-order valence-electron chi connectivity index (χ2n) is 4.82. The zero-order valence-electron chi connectivity index (χ0n) is 10.3. The number of thiophene rings is 1. The smallest absolute Gasteiger partial charge is 0.419 e. The van der Waals surface area contributed by atoms with Gasteiger partial charge < -0.3 is 9.84 Å². The zero-order chi connectivity index (χ0) is 13.5. The molecular formula is C12H13NO4S. The number of hydrogen-bond acceptors (Lipinski definition) is 4. The van der Waals surface area contributed by atoms with Gasteiger partial charge in [0.2, 0.25) is 0 Å².